The van der Waals surface area contributed by atoms with Gasteiger partial charge in [0.1, 0.15) is 0 Å². The van der Waals surface area contributed by atoms with Crippen molar-refractivity contribution in [3.05, 3.63) is 0 Å². The summed E-state index contributed by atoms with van der Waals surface area (Å²) in [7, 11) is 0. The van der Waals surface area contributed by atoms with Crippen LogP contribution in [0.4, 0.5) is 0 Å². The smallest absolute Gasteiger partial charge is 0.239 e. The summed E-state index contributed by atoms with van der Waals surface area (Å²) in [5.74, 6) is -0.0441. The predicted molar refractivity (Wildman–Crippen MR) is 75.7 cm³/mol. The van der Waals surface area contributed by atoms with Crippen molar-refractivity contribution in [3.8, 4) is 0 Å². The first-order valence-corrected chi connectivity index (χ1v) is 7.61. The topological polar surface area (TPSA) is 64.3 Å². The van der Waals surface area contributed by atoms with E-state index >= 15 is 0 Å². The van der Waals surface area contributed by atoms with Crippen LogP contribution in [0.3, 0.4) is 0 Å². The molecule has 4 heteroatoms. The number of carbonyl (C=O) groups excluding carboxylic acids is 1. The van der Waals surface area contributed by atoms with Crippen LogP contribution in [-0.2, 0) is 9.53 Å². The van der Waals surface area contributed by atoms with Gasteiger partial charge in [0.15, 0.2) is 0 Å². The van der Waals surface area contributed by atoms with Crippen LogP contribution in [-0.4, -0.2) is 30.2 Å². The second kappa shape index (κ2) is 5.41. The lowest BCUT2D eigenvalue weighted by Crippen LogP contribution is -2.67. The monoisotopic (exact) mass is 268 g/mol. The zero-order chi connectivity index (χ0) is 14.1. The molecule has 2 aliphatic carbocycles. The van der Waals surface area contributed by atoms with Crippen molar-refractivity contribution < 1.29 is 9.53 Å². The third-order valence-electron chi connectivity index (χ3n) is 4.83. The van der Waals surface area contributed by atoms with Crippen LogP contribution in [0, 0.1) is 5.41 Å². The molecule has 0 radical (unpaired) electrons. The van der Waals surface area contributed by atoms with Crippen molar-refractivity contribution in [1.82, 2.24) is 5.32 Å². The van der Waals surface area contributed by atoms with E-state index in [9.17, 15) is 4.79 Å². The normalized spacial score (nSPS) is 29.9. The molecular weight excluding hydrogens is 240 g/mol. The second-order valence-electron chi connectivity index (χ2n) is 6.72. The number of nitrogens with one attached hydrogen (secondary N) is 1. The number of hydrogen-bond donors (Lipinski definition) is 2. The van der Waals surface area contributed by atoms with Gasteiger partial charge in [-0.3, -0.25) is 4.79 Å². The third kappa shape index (κ3) is 2.79. The number of rotatable bonds is 4. The van der Waals surface area contributed by atoms with Gasteiger partial charge in [-0.25, -0.2) is 0 Å². The Kier molecular flexibility index (Phi) is 4.21. The second-order valence-corrected chi connectivity index (χ2v) is 6.72. The summed E-state index contributed by atoms with van der Waals surface area (Å²) < 4.78 is 5.89. The molecule has 0 saturated heterocycles. The number of amides is 1. The molecule has 4 nitrogen and oxygen atoms in total. The molecule has 2 unspecified atom stereocenters. The minimum Gasteiger partial charge on any atom is -0.378 e. The lowest BCUT2D eigenvalue weighted by atomic mass is 9.55. The number of ether oxygens (including phenoxy) is 1. The van der Waals surface area contributed by atoms with Crippen molar-refractivity contribution in [2.75, 3.05) is 6.61 Å². The standard InChI is InChI=1S/C15H28N2O2/c1-4-19-12-10-11(17-13(18)14(2,3)16)15(12)8-6-5-7-9-15/h11-12H,4-10,16H2,1-3H3,(H,17,18). The van der Waals surface area contributed by atoms with Gasteiger partial charge in [0, 0.05) is 18.1 Å². The third-order valence-corrected chi connectivity index (χ3v) is 4.83. The van der Waals surface area contributed by atoms with Crippen LogP contribution in [0.25, 0.3) is 0 Å². The van der Waals surface area contributed by atoms with Crippen molar-refractivity contribution in [2.24, 2.45) is 11.1 Å². The van der Waals surface area contributed by atoms with Crippen LogP contribution in [0.15, 0.2) is 0 Å². The Bertz CT molecular complexity index is 330. The van der Waals surface area contributed by atoms with Crippen molar-refractivity contribution in [3.63, 3.8) is 0 Å². The summed E-state index contributed by atoms with van der Waals surface area (Å²) in [6, 6.07) is 0.250. The molecule has 0 aliphatic heterocycles. The molecular formula is C15H28N2O2. The largest absolute Gasteiger partial charge is 0.378 e. The van der Waals surface area contributed by atoms with E-state index in [2.05, 4.69) is 5.32 Å². The van der Waals surface area contributed by atoms with Crippen LogP contribution in [0.2, 0.25) is 0 Å². The van der Waals surface area contributed by atoms with Gasteiger partial charge in [-0.05, 0) is 40.0 Å². The summed E-state index contributed by atoms with van der Waals surface area (Å²) >= 11 is 0. The highest BCUT2D eigenvalue weighted by Gasteiger charge is 2.56. The van der Waals surface area contributed by atoms with E-state index in [0.717, 1.165) is 13.0 Å². The average Bonchev–Trinajstić information content (AvgIpc) is 2.37. The molecule has 1 amide bonds. The fourth-order valence-corrected chi connectivity index (χ4v) is 3.61. The molecule has 110 valence electrons. The summed E-state index contributed by atoms with van der Waals surface area (Å²) in [4.78, 5) is 12.1. The first-order valence-electron chi connectivity index (χ1n) is 7.61. The molecule has 0 aromatic carbocycles. The molecule has 2 saturated carbocycles. The molecule has 0 bridgehead atoms. The highest BCUT2D eigenvalue weighted by molar-refractivity contribution is 5.85. The van der Waals surface area contributed by atoms with Gasteiger partial charge in [0.2, 0.25) is 5.91 Å². The highest BCUT2D eigenvalue weighted by atomic mass is 16.5. The van der Waals surface area contributed by atoms with E-state index in [0.29, 0.717) is 6.10 Å². The van der Waals surface area contributed by atoms with Gasteiger partial charge in [-0.1, -0.05) is 19.3 Å². The van der Waals surface area contributed by atoms with Gasteiger partial charge in [-0.2, -0.15) is 0 Å². The van der Waals surface area contributed by atoms with Gasteiger partial charge in [0.05, 0.1) is 11.6 Å². The number of nitrogens with two attached hydrogens (primary N) is 1. The molecule has 2 rings (SSSR count). The van der Waals surface area contributed by atoms with Crippen molar-refractivity contribution in [1.29, 1.82) is 0 Å². The molecule has 3 N–H and O–H groups in total. The van der Waals surface area contributed by atoms with Gasteiger partial charge in [0.25, 0.3) is 0 Å². The predicted octanol–water partition coefficient (Wildman–Crippen LogP) is 1.97. The van der Waals surface area contributed by atoms with Crippen LogP contribution in [0.5, 0.6) is 0 Å². The molecule has 2 fully saturated rings. The summed E-state index contributed by atoms with van der Waals surface area (Å²) in [5.41, 5.74) is 5.25. The minimum absolute atomic E-state index is 0.0441. The van der Waals surface area contributed by atoms with Crippen LogP contribution >= 0.6 is 0 Å². The number of carbonyl (C=O) groups is 1. The Balaban J connectivity index is 2.03. The quantitative estimate of drug-likeness (QED) is 0.819. The molecule has 0 aromatic rings. The van der Waals surface area contributed by atoms with Crippen LogP contribution < -0.4 is 11.1 Å². The highest BCUT2D eigenvalue weighted by Crippen LogP contribution is 2.53. The summed E-state index contributed by atoms with van der Waals surface area (Å²) in [6.45, 7) is 6.32. The first-order chi connectivity index (χ1) is 8.90. The summed E-state index contributed by atoms with van der Waals surface area (Å²) in [6.07, 6.45) is 7.42. The Morgan fingerprint density at radius 3 is 2.53 bits per heavy atom. The Morgan fingerprint density at radius 2 is 2.00 bits per heavy atom. The maximum atomic E-state index is 12.1. The number of hydrogen-bond acceptors (Lipinski definition) is 3. The van der Waals surface area contributed by atoms with E-state index in [-0.39, 0.29) is 17.4 Å². The lowest BCUT2D eigenvalue weighted by Gasteiger charge is -2.58. The van der Waals surface area contributed by atoms with Gasteiger partial charge < -0.3 is 15.8 Å². The summed E-state index contributed by atoms with van der Waals surface area (Å²) in [5, 5.41) is 3.16. The molecule has 0 heterocycles. The molecule has 1 spiro atoms. The molecule has 2 atom stereocenters. The molecule has 19 heavy (non-hydrogen) atoms. The van der Waals surface area contributed by atoms with Crippen LogP contribution in [0.1, 0.15) is 59.3 Å². The molecule has 0 aromatic heterocycles. The Hall–Kier alpha value is -0.610. The maximum absolute atomic E-state index is 12.1. The molecule has 2 aliphatic rings. The van der Waals surface area contributed by atoms with Gasteiger partial charge in [-0.15, -0.1) is 0 Å². The SMILES string of the molecule is CCOC1CC(NC(=O)C(C)(C)N)C12CCCCC2. The minimum atomic E-state index is -0.799. The first kappa shape index (κ1) is 14.8. The lowest BCUT2D eigenvalue weighted by molar-refractivity contribution is -0.158. The van der Waals surface area contributed by atoms with Gasteiger partial charge >= 0.3 is 0 Å². The Morgan fingerprint density at radius 1 is 1.37 bits per heavy atom. The fourth-order valence-electron chi connectivity index (χ4n) is 3.61. The van der Waals surface area contributed by atoms with E-state index < -0.39 is 5.54 Å². The van der Waals surface area contributed by atoms with Crippen molar-refractivity contribution in [2.45, 2.75) is 77.0 Å². The van der Waals surface area contributed by atoms with Crippen molar-refractivity contribution >= 4 is 5.91 Å². The zero-order valence-electron chi connectivity index (χ0n) is 12.5. The Labute approximate surface area is 116 Å². The maximum Gasteiger partial charge on any atom is 0.239 e. The van der Waals surface area contributed by atoms with E-state index in [1.807, 2.05) is 6.92 Å². The fraction of sp³-hybridized carbons (Fsp3) is 0.933. The zero-order valence-corrected chi connectivity index (χ0v) is 12.5. The van der Waals surface area contributed by atoms with E-state index in [1.54, 1.807) is 13.8 Å². The van der Waals surface area contributed by atoms with E-state index in [4.69, 9.17) is 10.5 Å². The van der Waals surface area contributed by atoms with E-state index in [1.165, 1.54) is 32.1 Å². The average molecular weight is 268 g/mol.